The van der Waals surface area contributed by atoms with Crippen molar-refractivity contribution in [1.29, 1.82) is 0 Å². The Kier molecular flexibility index (Phi) is 6.63. The SMILES string of the molecule is CCOc1c(/C(C)=C/C(=O)NC2CCCCC2)cc2c(-c3ccc4ccccc4c3)coc2c1C. The Balaban J connectivity index is 1.56. The largest absolute Gasteiger partial charge is 0.493 e. The number of hydrogen-bond acceptors (Lipinski definition) is 3. The van der Waals surface area contributed by atoms with E-state index in [1.165, 1.54) is 30.0 Å². The van der Waals surface area contributed by atoms with Crippen LogP contribution >= 0.6 is 0 Å². The minimum atomic E-state index is -0.0310. The summed E-state index contributed by atoms with van der Waals surface area (Å²) in [5, 5.41) is 6.62. The summed E-state index contributed by atoms with van der Waals surface area (Å²) in [6.07, 6.45) is 9.33. The molecule has 1 amide bonds. The molecule has 3 aromatic carbocycles. The van der Waals surface area contributed by atoms with E-state index in [1.54, 1.807) is 6.08 Å². The van der Waals surface area contributed by atoms with Gasteiger partial charge in [-0.1, -0.05) is 55.7 Å². The molecule has 1 aromatic heterocycles. The Morgan fingerprint density at radius 1 is 1.09 bits per heavy atom. The zero-order valence-electron chi connectivity index (χ0n) is 20.8. The first-order valence-corrected chi connectivity index (χ1v) is 12.7. The number of nitrogens with one attached hydrogen (secondary N) is 1. The first-order chi connectivity index (χ1) is 17.0. The second-order valence-corrected chi connectivity index (χ2v) is 9.57. The number of carbonyl (C=O) groups is 1. The van der Waals surface area contributed by atoms with Crippen molar-refractivity contribution in [2.75, 3.05) is 6.61 Å². The number of furan rings is 1. The third kappa shape index (κ3) is 4.70. The summed E-state index contributed by atoms with van der Waals surface area (Å²) < 4.78 is 12.1. The van der Waals surface area contributed by atoms with Crippen LogP contribution in [0, 0.1) is 6.92 Å². The molecule has 0 atom stereocenters. The van der Waals surface area contributed by atoms with E-state index in [2.05, 4.69) is 53.8 Å². The Morgan fingerprint density at radius 2 is 1.86 bits per heavy atom. The van der Waals surface area contributed by atoms with Crippen LogP contribution in [-0.4, -0.2) is 18.6 Å². The summed E-state index contributed by atoms with van der Waals surface area (Å²) in [6, 6.07) is 17.2. The highest BCUT2D eigenvalue weighted by Gasteiger charge is 2.20. The maximum Gasteiger partial charge on any atom is 0.244 e. The molecule has 1 saturated carbocycles. The van der Waals surface area contributed by atoms with E-state index in [-0.39, 0.29) is 11.9 Å². The van der Waals surface area contributed by atoms with Gasteiger partial charge in [-0.05, 0) is 67.7 Å². The van der Waals surface area contributed by atoms with Crippen molar-refractivity contribution < 1.29 is 13.9 Å². The summed E-state index contributed by atoms with van der Waals surface area (Å²) in [7, 11) is 0. The van der Waals surface area contributed by atoms with Crippen molar-refractivity contribution in [1.82, 2.24) is 5.32 Å². The number of amides is 1. The fourth-order valence-corrected chi connectivity index (χ4v) is 5.28. The average Bonchev–Trinajstić information content (AvgIpc) is 3.30. The highest BCUT2D eigenvalue weighted by atomic mass is 16.5. The Morgan fingerprint density at radius 3 is 2.63 bits per heavy atom. The predicted molar refractivity (Wildman–Crippen MR) is 144 cm³/mol. The lowest BCUT2D eigenvalue weighted by molar-refractivity contribution is -0.117. The van der Waals surface area contributed by atoms with Crippen LogP contribution in [0.15, 0.2) is 65.3 Å². The van der Waals surface area contributed by atoms with Gasteiger partial charge in [0.2, 0.25) is 5.91 Å². The van der Waals surface area contributed by atoms with Gasteiger partial charge in [0, 0.05) is 34.2 Å². The molecule has 0 unspecified atom stereocenters. The molecular weight excluding hydrogens is 434 g/mol. The number of carbonyl (C=O) groups excluding carboxylic acids is 1. The summed E-state index contributed by atoms with van der Waals surface area (Å²) in [5.74, 6) is 0.746. The minimum absolute atomic E-state index is 0.0310. The summed E-state index contributed by atoms with van der Waals surface area (Å²) in [5.41, 5.74) is 5.73. The maximum absolute atomic E-state index is 12.8. The molecule has 0 saturated heterocycles. The molecule has 1 fully saturated rings. The highest BCUT2D eigenvalue weighted by Crippen LogP contribution is 2.41. The quantitative estimate of drug-likeness (QED) is 0.294. The Labute approximate surface area is 207 Å². The van der Waals surface area contributed by atoms with Crippen LogP contribution in [0.2, 0.25) is 0 Å². The number of fused-ring (bicyclic) bond motifs is 2. The van der Waals surface area contributed by atoms with Gasteiger partial charge < -0.3 is 14.5 Å². The molecule has 0 radical (unpaired) electrons. The van der Waals surface area contributed by atoms with Gasteiger partial charge in [0.05, 0.1) is 12.9 Å². The van der Waals surface area contributed by atoms with Crippen LogP contribution in [0.25, 0.3) is 38.4 Å². The molecule has 4 aromatic rings. The number of rotatable bonds is 6. The van der Waals surface area contributed by atoms with Crippen LogP contribution in [0.3, 0.4) is 0 Å². The number of benzene rings is 3. The Hall–Kier alpha value is -3.53. The van der Waals surface area contributed by atoms with Crippen molar-refractivity contribution >= 4 is 33.2 Å². The number of allylic oxidation sites excluding steroid dienone is 1. The molecule has 4 heteroatoms. The number of hydrogen-bond donors (Lipinski definition) is 1. The van der Waals surface area contributed by atoms with Crippen molar-refractivity contribution in [3.8, 4) is 16.9 Å². The average molecular weight is 468 g/mol. The highest BCUT2D eigenvalue weighted by molar-refractivity contribution is 6.02. The van der Waals surface area contributed by atoms with Crippen molar-refractivity contribution in [3.05, 3.63) is 72.0 Å². The first-order valence-electron chi connectivity index (χ1n) is 12.7. The molecule has 1 heterocycles. The van der Waals surface area contributed by atoms with E-state index in [0.717, 1.165) is 57.4 Å². The van der Waals surface area contributed by atoms with Gasteiger partial charge in [-0.2, -0.15) is 0 Å². The summed E-state index contributed by atoms with van der Waals surface area (Å²) in [6.45, 7) is 6.53. The lowest BCUT2D eigenvalue weighted by Gasteiger charge is -2.22. The van der Waals surface area contributed by atoms with E-state index in [1.807, 2.05) is 27.0 Å². The van der Waals surface area contributed by atoms with Crippen LogP contribution in [-0.2, 0) is 4.79 Å². The van der Waals surface area contributed by atoms with E-state index < -0.39 is 0 Å². The van der Waals surface area contributed by atoms with Gasteiger partial charge in [-0.25, -0.2) is 0 Å². The van der Waals surface area contributed by atoms with Gasteiger partial charge in [-0.15, -0.1) is 0 Å². The zero-order valence-corrected chi connectivity index (χ0v) is 20.8. The smallest absolute Gasteiger partial charge is 0.244 e. The molecule has 0 spiro atoms. The van der Waals surface area contributed by atoms with Crippen molar-refractivity contribution in [2.45, 2.75) is 58.9 Å². The van der Waals surface area contributed by atoms with Crippen molar-refractivity contribution in [2.24, 2.45) is 0 Å². The molecular formula is C31H33NO3. The summed E-state index contributed by atoms with van der Waals surface area (Å²) in [4.78, 5) is 12.8. The van der Waals surface area contributed by atoms with Gasteiger partial charge in [0.25, 0.3) is 0 Å². The lowest BCUT2D eigenvalue weighted by atomic mass is 9.94. The molecule has 5 rings (SSSR count). The van der Waals surface area contributed by atoms with Crippen LogP contribution in [0.5, 0.6) is 5.75 Å². The first kappa shape index (κ1) is 23.2. The lowest BCUT2D eigenvalue weighted by Crippen LogP contribution is -2.35. The molecule has 0 aliphatic heterocycles. The third-order valence-electron chi connectivity index (χ3n) is 7.12. The molecule has 1 N–H and O–H groups in total. The fraction of sp³-hybridized carbons (Fsp3) is 0.323. The van der Waals surface area contributed by atoms with Gasteiger partial charge in [0.1, 0.15) is 11.3 Å². The van der Waals surface area contributed by atoms with Gasteiger partial charge in [0.15, 0.2) is 0 Å². The van der Waals surface area contributed by atoms with E-state index in [9.17, 15) is 4.79 Å². The summed E-state index contributed by atoms with van der Waals surface area (Å²) >= 11 is 0. The van der Waals surface area contributed by atoms with Crippen LogP contribution < -0.4 is 10.1 Å². The standard InChI is InChI=1S/C31H33NO3/c1-4-34-30-21(3)31-27(18-26(30)20(2)16-29(33)32-25-12-6-5-7-13-25)28(19-35-31)24-15-14-22-10-8-9-11-23(22)17-24/h8-11,14-19,25H,4-7,12-13H2,1-3H3,(H,32,33)/b20-16+. The minimum Gasteiger partial charge on any atom is -0.493 e. The molecule has 35 heavy (non-hydrogen) atoms. The zero-order chi connectivity index (χ0) is 24.4. The van der Waals surface area contributed by atoms with E-state index >= 15 is 0 Å². The van der Waals surface area contributed by atoms with Crippen molar-refractivity contribution in [3.63, 3.8) is 0 Å². The Bertz CT molecular complexity index is 1410. The maximum atomic E-state index is 12.8. The fourth-order valence-electron chi connectivity index (χ4n) is 5.28. The second kappa shape index (κ2) is 9.99. The van der Waals surface area contributed by atoms with E-state index in [0.29, 0.717) is 6.61 Å². The van der Waals surface area contributed by atoms with Gasteiger partial charge in [-0.3, -0.25) is 4.79 Å². The monoisotopic (exact) mass is 467 g/mol. The molecule has 1 aliphatic rings. The predicted octanol–water partition coefficient (Wildman–Crippen LogP) is 7.81. The number of aryl methyl sites for hydroxylation is 1. The van der Waals surface area contributed by atoms with Crippen LogP contribution in [0.1, 0.15) is 57.1 Å². The molecule has 1 aliphatic carbocycles. The topological polar surface area (TPSA) is 51.5 Å². The third-order valence-corrected chi connectivity index (χ3v) is 7.12. The van der Waals surface area contributed by atoms with E-state index in [4.69, 9.17) is 9.15 Å². The van der Waals surface area contributed by atoms with Crippen LogP contribution in [0.4, 0.5) is 0 Å². The molecule has 0 bridgehead atoms. The normalized spacial score (nSPS) is 15.0. The molecule has 180 valence electrons. The number of ether oxygens (including phenoxy) is 1. The second-order valence-electron chi connectivity index (χ2n) is 9.57. The molecule has 4 nitrogen and oxygen atoms in total. The van der Waals surface area contributed by atoms with Gasteiger partial charge >= 0.3 is 0 Å².